The molecule has 0 aliphatic carbocycles. The van der Waals surface area contributed by atoms with Crippen LogP contribution in [0.15, 0.2) is 36.4 Å². The fraction of sp³-hybridized carbons (Fsp3) is 0.200. The van der Waals surface area contributed by atoms with Crippen molar-refractivity contribution in [2.45, 2.75) is 20.3 Å². The number of nitrogens with one attached hydrogen (secondary N) is 1. The molecule has 0 bridgehead atoms. The van der Waals surface area contributed by atoms with E-state index in [2.05, 4.69) is 4.98 Å². The first-order valence-electron chi connectivity index (χ1n) is 5.96. The molecule has 1 heterocycles. The zero-order valence-corrected chi connectivity index (χ0v) is 10.5. The number of carbonyl (C=O) groups excluding carboxylic acids is 2. The zero-order chi connectivity index (χ0) is 13.1. The Kier molecular flexibility index (Phi) is 3.42. The van der Waals surface area contributed by atoms with Crippen LogP contribution in [-0.2, 0) is 6.42 Å². The van der Waals surface area contributed by atoms with E-state index in [9.17, 15) is 9.59 Å². The second-order valence-corrected chi connectivity index (χ2v) is 4.19. The number of benzene rings is 1. The molecular formula is C15H15NO2. The van der Waals surface area contributed by atoms with Crippen LogP contribution in [0, 0.1) is 0 Å². The molecule has 3 heteroatoms. The highest BCUT2D eigenvalue weighted by Gasteiger charge is 2.17. The van der Waals surface area contributed by atoms with Crippen LogP contribution in [0.2, 0.25) is 0 Å². The summed E-state index contributed by atoms with van der Waals surface area (Å²) in [7, 11) is 0. The summed E-state index contributed by atoms with van der Waals surface area (Å²) in [5, 5.41) is 0. The second kappa shape index (κ2) is 5.00. The van der Waals surface area contributed by atoms with E-state index >= 15 is 0 Å². The Hall–Kier alpha value is -2.16. The highest BCUT2D eigenvalue weighted by Crippen LogP contribution is 2.16. The molecule has 2 aromatic rings. The van der Waals surface area contributed by atoms with Gasteiger partial charge in [0, 0.05) is 12.5 Å². The summed E-state index contributed by atoms with van der Waals surface area (Å²) >= 11 is 0. The van der Waals surface area contributed by atoms with Crippen LogP contribution < -0.4 is 0 Å². The Morgan fingerprint density at radius 3 is 2.39 bits per heavy atom. The number of hydrogen-bond donors (Lipinski definition) is 1. The van der Waals surface area contributed by atoms with E-state index in [0.29, 0.717) is 17.0 Å². The first kappa shape index (κ1) is 12.3. The van der Waals surface area contributed by atoms with Gasteiger partial charge in [-0.25, -0.2) is 0 Å². The maximum atomic E-state index is 12.3. The molecule has 3 nitrogen and oxygen atoms in total. The molecule has 2 rings (SSSR count). The van der Waals surface area contributed by atoms with Crippen molar-refractivity contribution >= 4 is 11.6 Å². The van der Waals surface area contributed by atoms with Crippen molar-refractivity contribution in [1.82, 2.24) is 4.98 Å². The fourth-order valence-corrected chi connectivity index (χ4v) is 1.90. The molecule has 0 spiro atoms. The van der Waals surface area contributed by atoms with Crippen LogP contribution in [-0.4, -0.2) is 16.6 Å². The third-order valence-corrected chi connectivity index (χ3v) is 2.92. The summed E-state index contributed by atoms with van der Waals surface area (Å²) in [4.78, 5) is 26.6. The van der Waals surface area contributed by atoms with Gasteiger partial charge in [0.05, 0.1) is 11.4 Å². The number of H-pyrrole nitrogens is 1. The number of ketones is 2. The maximum absolute atomic E-state index is 12.3. The lowest BCUT2D eigenvalue weighted by atomic mass is 10.0. The predicted molar refractivity (Wildman–Crippen MR) is 70.0 cm³/mol. The Bertz CT molecular complexity index is 582. The Morgan fingerprint density at radius 2 is 1.83 bits per heavy atom. The number of aryl methyl sites for hydroxylation is 1. The zero-order valence-electron chi connectivity index (χ0n) is 10.5. The molecule has 1 N–H and O–H groups in total. The average Bonchev–Trinajstić information content (AvgIpc) is 2.83. The van der Waals surface area contributed by atoms with Crippen molar-refractivity contribution in [1.29, 1.82) is 0 Å². The third-order valence-electron chi connectivity index (χ3n) is 2.92. The van der Waals surface area contributed by atoms with Crippen LogP contribution in [0.3, 0.4) is 0 Å². The molecule has 0 atom stereocenters. The van der Waals surface area contributed by atoms with Crippen LogP contribution in [0.4, 0.5) is 0 Å². The van der Waals surface area contributed by atoms with E-state index in [0.717, 1.165) is 12.0 Å². The summed E-state index contributed by atoms with van der Waals surface area (Å²) in [6.45, 7) is 3.46. The molecule has 92 valence electrons. The van der Waals surface area contributed by atoms with Crippen molar-refractivity contribution in [3.63, 3.8) is 0 Å². The van der Waals surface area contributed by atoms with Gasteiger partial charge in [-0.1, -0.05) is 37.3 Å². The van der Waals surface area contributed by atoms with E-state index in [1.54, 1.807) is 18.2 Å². The summed E-state index contributed by atoms with van der Waals surface area (Å²) in [6.07, 6.45) is 0.720. The largest absolute Gasteiger partial charge is 0.349 e. The van der Waals surface area contributed by atoms with Crippen LogP contribution in [0.25, 0.3) is 0 Å². The molecular weight excluding hydrogens is 226 g/mol. The lowest BCUT2D eigenvalue weighted by Gasteiger charge is -2.01. The van der Waals surface area contributed by atoms with Gasteiger partial charge in [-0.2, -0.15) is 0 Å². The minimum atomic E-state index is -0.0695. The normalized spacial score (nSPS) is 10.3. The maximum Gasteiger partial charge on any atom is 0.209 e. The highest BCUT2D eigenvalue weighted by atomic mass is 16.1. The molecule has 18 heavy (non-hydrogen) atoms. The third kappa shape index (κ3) is 2.25. The fourth-order valence-electron chi connectivity index (χ4n) is 1.90. The van der Waals surface area contributed by atoms with Gasteiger partial charge in [-0.15, -0.1) is 0 Å². The van der Waals surface area contributed by atoms with Crippen molar-refractivity contribution in [3.05, 3.63) is 58.9 Å². The van der Waals surface area contributed by atoms with Crippen LogP contribution >= 0.6 is 0 Å². The Labute approximate surface area is 106 Å². The minimum Gasteiger partial charge on any atom is -0.349 e. The van der Waals surface area contributed by atoms with Gasteiger partial charge in [0.25, 0.3) is 0 Å². The summed E-state index contributed by atoms with van der Waals surface area (Å²) in [5.74, 6) is -0.128. The monoisotopic (exact) mass is 241 g/mol. The molecule has 1 aromatic heterocycles. The molecule has 0 radical (unpaired) electrons. The number of Topliss-reactive ketones (excluding diaryl/α,β-unsaturated/α-hetero) is 1. The quantitative estimate of drug-likeness (QED) is 0.836. The number of carbonyl (C=O) groups is 2. The minimum absolute atomic E-state index is 0.0585. The van der Waals surface area contributed by atoms with Gasteiger partial charge in [0.1, 0.15) is 0 Å². The molecule has 0 saturated carbocycles. The molecule has 0 amide bonds. The second-order valence-electron chi connectivity index (χ2n) is 4.19. The highest BCUT2D eigenvalue weighted by molar-refractivity contribution is 6.09. The van der Waals surface area contributed by atoms with E-state index < -0.39 is 0 Å². The summed E-state index contributed by atoms with van der Waals surface area (Å²) in [5.41, 5.74) is 2.53. The smallest absolute Gasteiger partial charge is 0.209 e. The SMILES string of the molecule is CCc1cc(C(C)=O)[nH]c1C(=O)c1ccccc1. The van der Waals surface area contributed by atoms with Crippen molar-refractivity contribution in [3.8, 4) is 0 Å². The lowest BCUT2D eigenvalue weighted by Crippen LogP contribution is -2.05. The Morgan fingerprint density at radius 1 is 1.17 bits per heavy atom. The van der Waals surface area contributed by atoms with Crippen LogP contribution in [0.5, 0.6) is 0 Å². The molecule has 0 aliphatic heterocycles. The van der Waals surface area contributed by atoms with E-state index in [4.69, 9.17) is 0 Å². The van der Waals surface area contributed by atoms with Crippen molar-refractivity contribution in [2.75, 3.05) is 0 Å². The molecule has 0 fully saturated rings. The van der Waals surface area contributed by atoms with Gasteiger partial charge in [0.15, 0.2) is 5.78 Å². The van der Waals surface area contributed by atoms with Crippen molar-refractivity contribution in [2.24, 2.45) is 0 Å². The first-order chi connectivity index (χ1) is 8.63. The van der Waals surface area contributed by atoms with Gasteiger partial charge in [-0.05, 0) is 18.1 Å². The summed E-state index contributed by atoms with van der Waals surface area (Å²) in [6, 6.07) is 10.8. The Balaban J connectivity index is 2.44. The topological polar surface area (TPSA) is 49.9 Å². The standard InChI is InChI=1S/C15H15NO2/c1-3-11-9-13(10(2)17)16-14(11)15(18)12-7-5-4-6-8-12/h4-9,16H,3H2,1-2H3. The van der Waals surface area contributed by atoms with Gasteiger partial charge in [0.2, 0.25) is 5.78 Å². The lowest BCUT2D eigenvalue weighted by molar-refractivity contribution is 0.101. The van der Waals surface area contributed by atoms with E-state index in [1.165, 1.54) is 6.92 Å². The van der Waals surface area contributed by atoms with E-state index in [1.807, 2.05) is 25.1 Å². The number of hydrogen-bond acceptors (Lipinski definition) is 2. The average molecular weight is 241 g/mol. The van der Waals surface area contributed by atoms with Crippen molar-refractivity contribution < 1.29 is 9.59 Å². The first-order valence-corrected chi connectivity index (χ1v) is 5.96. The number of aromatic nitrogens is 1. The van der Waals surface area contributed by atoms with Gasteiger partial charge >= 0.3 is 0 Å². The molecule has 1 aromatic carbocycles. The van der Waals surface area contributed by atoms with Gasteiger partial charge in [-0.3, -0.25) is 9.59 Å². The van der Waals surface area contributed by atoms with E-state index in [-0.39, 0.29) is 11.6 Å². The molecule has 0 aliphatic rings. The predicted octanol–water partition coefficient (Wildman–Crippen LogP) is 3.01. The number of aromatic amines is 1. The molecule has 0 saturated heterocycles. The van der Waals surface area contributed by atoms with Gasteiger partial charge < -0.3 is 4.98 Å². The molecule has 0 unspecified atom stereocenters. The van der Waals surface area contributed by atoms with Crippen LogP contribution in [0.1, 0.15) is 46.0 Å². The number of rotatable bonds is 4. The summed E-state index contributed by atoms with van der Waals surface area (Å²) < 4.78 is 0.